The van der Waals surface area contributed by atoms with Crippen LogP contribution in [-0.4, -0.2) is 40.9 Å². The number of nitrogens with zero attached hydrogens (tertiary/aromatic N) is 6. The number of benzene rings is 1. The van der Waals surface area contributed by atoms with E-state index in [9.17, 15) is 9.59 Å². The maximum absolute atomic E-state index is 13.0. The van der Waals surface area contributed by atoms with Crippen LogP contribution in [0.3, 0.4) is 0 Å². The van der Waals surface area contributed by atoms with Gasteiger partial charge in [-0.15, -0.1) is 0 Å². The second-order valence-corrected chi connectivity index (χ2v) is 7.50. The van der Waals surface area contributed by atoms with Crippen molar-refractivity contribution < 1.29 is 9.59 Å². The van der Waals surface area contributed by atoms with Gasteiger partial charge in [0, 0.05) is 31.2 Å². The third-order valence-electron chi connectivity index (χ3n) is 5.19. The van der Waals surface area contributed by atoms with Crippen molar-refractivity contribution in [1.82, 2.24) is 34.4 Å². The molecule has 0 saturated carbocycles. The van der Waals surface area contributed by atoms with Crippen molar-refractivity contribution in [2.45, 2.75) is 6.54 Å². The van der Waals surface area contributed by atoms with Crippen LogP contribution < -0.4 is 10.6 Å². The molecule has 0 fully saturated rings. The lowest BCUT2D eigenvalue weighted by molar-refractivity contribution is 0.0935. The number of rotatable bonds is 6. The number of hydrogen-bond donors (Lipinski definition) is 2. The molecule has 0 radical (unpaired) electrons. The molecule has 0 aliphatic heterocycles. The van der Waals surface area contributed by atoms with Gasteiger partial charge in [0.05, 0.1) is 29.7 Å². The fourth-order valence-corrected chi connectivity index (χ4v) is 3.51. The molecule has 168 valence electrons. The van der Waals surface area contributed by atoms with Crippen molar-refractivity contribution in [1.29, 1.82) is 0 Å². The minimum atomic E-state index is -0.505. The Morgan fingerprint density at radius 1 is 0.971 bits per heavy atom. The summed E-state index contributed by atoms with van der Waals surface area (Å²) in [6.45, 7) is 0.234. The summed E-state index contributed by atoms with van der Waals surface area (Å²) in [7, 11) is 1.60. The lowest BCUT2D eigenvalue weighted by Crippen LogP contribution is -2.27. The Morgan fingerprint density at radius 3 is 2.59 bits per heavy atom. The number of carbonyl (C=O) groups is 2. The molecule has 0 aliphatic rings. The second-order valence-electron chi connectivity index (χ2n) is 7.50. The molecule has 0 atom stereocenters. The summed E-state index contributed by atoms with van der Waals surface area (Å²) in [5.41, 5.74) is 2.72. The largest absolute Gasteiger partial charge is 0.346 e. The van der Waals surface area contributed by atoms with Crippen LogP contribution in [0, 0.1) is 0 Å². The van der Waals surface area contributed by atoms with Crippen molar-refractivity contribution in [2.75, 3.05) is 5.32 Å². The molecule has 0 aliphatic carbocycles. The maximum Gasteiger partial charge on any atom is 0.275 e. The van der Waals surface area contributed by atoms with Gasteiger partial charge >= 0.3 is 0 Å². The molecule has 0 spiro atoms. The average molecular weight is 452 g/mol. The van der Waals surface area contributed by atoms with Gasteiger partial charge in [0.2, 0.25) is 5.78 Å². The first-order valence-corrected chi connectivity index (χ1v) is 10.5. The predicted octanol–water partition coefficient (Wildman–Crippen LogP) is 2.71. The number of aryl methyl sites for hydroxylation is 1. The van der Waals surface area contributed by atoms with Gasteiger partial charge in [0.1, 0.15) is 11.5 Å². The third kappa shape index (κ3) is 4.24. The number of hydrogen-bond acceptors (Lipinski definition) is 6. The zero-order chi connectivity index (χ0) is 23.5. The van der Waals surface area contributed by atoms with E-state index >= 15 is 0 Å². The lowest BCUT2D eigenvalue weighted by atomic mass is 10.2. The second kappa shape index (κ2) is 8.94. The number of anilines is 1. The van der Waals surface area contributed by atoms with E-state index in [0.717, 1.165) is 11.3 Å². The van der Waals surface area contributed by atoms with E-state index < -0.39 is 11.8 Å². The zero-order valence-corrected chi connectivity index (χ0v) is 18.2. The van der Waals surface area contributed by atoms with Crippen LogP contribution >= 0.6 is 0 Å². The summed E-state index contributed by atoms with van der Waals surface area (Å²) < 4.78 is 3.13. The maximum atomic E-state index is 13.0. The normalized spacial score (nSPS) is 10.9. The van der Waals surface area contributed by atoms with Crippen LogP contribution in [0.1, 0.15) is 26.5 Å². The summed E-state index contributed by atoms with van der Waals surface area (Å²) in [6, 6.07) is 16.9. The molecular formula is C24H20N8O2. The van der Waals surface area contributed by atoms with Crippen molar-refractivity contribution in [3.8, 4) is 11.3 Å². The highest BCUT2D eigenvalue weighted by molar-refractivity contribution is 6.10. The molecule has 34 heavy (non-hydrogen) atoms. The Hall–Kier alpha value is -4.86. The third-order valence-corrected chi connectivity index (χ3v) is 5.19. The summed E-state index contributed by atoms with van der Waals surface area (Å²) in [5, 5.41) is 9.59. The zero-order valence-electron chi connectivity index (χ0n) is 18.2. The quantitative estimate of drug-likeness (QED) is 0.409. The number of pyridine rings is 1. The number of aromatic nitrogens is 6. The number of amides is 2. The first-order valence-electron chi connectivity index (χ1n) is 10.5. The minimum absolute atomic E-state index is 0.119. The van der Waals surface area contributed by atoms with Crippen LogP contribution in [0.2, 0.25) is 0 Å². The van der Waals surface area contributed by atoms with Crippen molar-refractivity contribution in [3.05, 3.63) is 96.3 Å². The van der Waals surface area contributed by atoms with E-state index in [1.807, 2.05) is 42.6 Å². The smallest absolute Gasteiger partial charge is 0.275 e. The Kier molecular flexibility index (Phi) is 5.53. The van der Waals surface area contributed by atoms with E-state index in [4.69, 9.17) is 0 Å². The average Bonchev–Trinajstić information content (AvgIpc) is 3.47. The van der Waals surface area contributed by atoms with Crippen LogP contribution in [0.25, 0.3) is 17.0 Å². The Morgan fingerprint density at radius 2 is 1.79 bits per heavy atom. The summed E-state index contributed by atoms with van der Waals surface area (Å²) in [6.07, 6.45) is 6.65. The van der Waals surface area contributed by atoms with Gasteiger partial charge in [-0.25, -0.2) is 4.98 Å². The Balaban J connectivity index is 1.34. The van der Waals surface area contributed by atoms with Gasteiger partial charge < -0.3 is 10.6 Å². The SMILES string of the molecule is Cn1ncc(C(=O)NCc2ccccn2)c1C(=O)Nc1ccn2cc(-c3ccccc3)nc2n1. The minimum Gasteiger partial charge on any atom is -0.346 e. The summed E-state index contributed by atoms with van der Waals surface area (Å²) >= 11 is 0. The topological polar surface area (TPSA) is 119 Å². The van der Waals surface area contributed by atoms with Crippen LogP contribution in [0.15, 0.2) is 79.4 Å². The van der Waals surface area contributed by atoms with Crippen LogP contribution in [0.5, 0.6) is 0 Å². The fraction of sp³-hybridized carbons (Fsp3) is 0.0833. The van der Waals surface area contributed by atoms with Gasteiger partial charge in [0.25, 0.3) is 11.8 Å². The monoisotopic (exact) mass is 452 g/mol. The van der Waals surface area contributed by atoms with Crippen LogP contribution in [0.4, 0.5) is 5.82 Å². The molecule has 10 nitrogen and oxygen atoms in total. The molecule has 1 aromatic carbocycles. The lowest BCUT2D eigenvalue weighted by Gasteiger charge is -2.08. The van der Waals surface area contributed by atoms with E-state index in [-0.39, 0.29) is 17.8 Å². The number of nitrogens with one attached hydrogen (secondary N) is 2. The molecular weight excluding hydrogens is 432 g/mol. The first-order chi connectivity index (χ1) is 16.6. The van der Waals surface area contributed by atoms with E-state index in [1.165, 1.54) is 10.9 Å². The van der Waals surface area contributed by atoms with E-state index in [2.05, 4.69) is 30.7 Å². The highest BCUT2D eigenvalue weighted by Gasteiger charge is 2.22. The van der Waals surface area contributed by atoms with Crippen molar-refractivity contribution in [3.63, 3.8) is 0 Å². The predicted molar refractivity (Wildman–Crippen MR) is 125 cm³/mol. The van der Waals surface area contributed by atoms with Crippen molar-refractivity contribution >= 4 is 23.4 Å². The molecule has 2 N–H and O–H groups in total. The molecule has 0 bridgehead atoms. The van der Waals surface area contributed by atoms with E-state index in [0.29, 0.717) is 17.3 Å². The highest BCUT2D eigenvalue weighted by atomic mass is 16.2. The Bertz CT molecular complexity index is 1480. The fourth-order valence-electron chi connectivity index (χ4n) is 3.51. The first kappa shape index (κ1) is 21.0. The van der Waals surface area contributed by atoms with E-state index in [1.54, 1.807) is 42.0 Å². The summed E-state index contributed by atoms with van der Waals surface area (Å²) in [4.78, 5) is 38.9. The molecule has 10 heteroatoms. The van der Waals surface area contributed by atoms with Gasteiger partial charge in [-0.1, -0.05) is 36.4 Å². The van der Waals surface area contributed by atoms with Gasteiger partial charge in [-0.2, -0.15) is 10.1 Å². The van der Waals surface area contributed by atoms with Crippen molar-refractivity contribution in [2.24, 2.45) is 7.05 Å². The van der Waals surface area contributed by atoms with Crippen LogP contribution in [-0.2, 0) is 13.6 Å². The molecule has 5 aromatic rings. The number of imidazole rings is 1. The molecule has 0 unspecified atom stereocenters. The van der Waals surface area contributed by atoms with Gasteiger partial charge in [-0.05, 0) is 18.2 Å². The standard InChI is InChI=1S/C24H20N8O2/c1-31-21(18(14-27-31)22(33)26-13-17-9-5-6-11-25-17)23(34)29-20-10-12-32-15-19(28-24(32)30-20)16-7-3-2-4-8-16/h2-12,14-15H,13H2,1H3,(H,26,33)(H,28,29,30,34). The number of fused-ring (bicyclic) bond motifs is 1. The summed E-state index contributed by atoms with van der Waals surface area (Å²) in [5.74, 6) is -0.179. The number of carbonyl (C=O) groups excluding carboxylic acids is 2. The molecule has 4 aromatic heterocycles. The molecule has 4 heterocycles. The van der Waals surface area contributed by atoms with Gasteiger partial charge in [-0.3, -0.25) is 23.7 Å². The molecule has 0 saturated heterocycles. The molecule has 5 rings (SSSR count). The molecule has 2 amide bonds. The van der Waals surface area contributed by atoms with Gasteiger partial charge in [0.15, 0.2) is 0 Å². The highest BCUT2D eigenvalue weighted by Crippen LogP contribution is 2.19. The Labute approximate surface area is 194 Å².